The Balaban J connectivity index is 2.40. The number of alkyl halides is 2. The second kappa shape index (κ2) is 5.27. The number of benzene rings is 1. The monoisotopic (exact) mass is 270 g/mol. The van der Waals surface area contributed by atoms with Gasteiger partial charge >= 0.3 is 0 Å². The first-order valence-electron chi connectivity index (χ1n) is 5.19. The van der Waals surface area contributed by atoms with Crippen LogP contribution in [0.3, 0.4) is 0 Å². The van der Waals surface area contributed by atoms with E-state index in [2.05, 4.69) is 10.3 Å². The number of nitrogens with one attached hydrogen (secondary N) is 1. The Morgan fingerprint density at radius 1 is 1.39 bits per heavy atom. The molecule has 0 bridgehead atoms. The third kappa shape index (κ3) is 2.73. The molecule has 0 aliphatic carbocycles. The van der Waals surface area contributed by atoms with Crippen molar-refractivity contribution in [2.45, 2.75) is 6.43 Å². The maximum absolute atomic E-state index is 12.1. The summed E-state index contributed by atoms with van der Waals surface area (Å²) in [6.45, 7) is -0.687. The van der Waals surface area contributed by atoms with Crippen molar-refractivity contribution >= 4 is 28.4 Å². The van der Waals surface area contributed by atoms with E-state index in [1.165, 1.54) is 6.07 Å². The molecule has 2 rings (SSSR count). The molecule has 0 aliphatic rings. The summed E-state index contributed by atoms with van der Waals surface area (Å²) < 4.78 is 24.1. The number of amides is 1. The number of fused-ring (bicyclic) bond motifs is 1. The lowest BCUT2D eigenvalue weighted by Gasteiger charge is -2.07. The SMILES string of the molecule is O=C(NCC(F)F)c1cc(Cl)nc2ccccc12. The molecule has 0 saturated heterocycles. The van der Waals surface area contributed by atoms with Gasteiger partial charge in [-0.1, -0.05) is 29.8 Å². The molecule has 1 amide bonds. The molecule has 1 heterocycles. The average Bonchev–Trinajstić information content (AvgIpc) is 2.34. The minimum atomic E-state index is -2.59. The number of rotatable bonds is 3. The normalized spacial score (nSPS) is 10.9. The van der Waals surface area contributed by atoms with Crippen LogP contribution in [0.15, 0.2) is 30.3 Å². The number of carbonyl (C=O) groups is 1. The number of hydrogen-bond donors (Lipinski definition) is 1. The topological polar surface area (TPSA) is 42.0 Å². The van der Waals surface area contributed by atoms with Gasteiger partial charge in [-0.05, 0) is 12.1 Å². The van der Waals surface area contributed by atoms with Crippen LogP contribution in [0.4, 0.5) is 8.78 Å². The van der Waals surface area contributed by atoms with Gasteiger partial charge in [0.05, 0.1) is 17.6 Å². The van der Waals surface area contributed by atoms with E-state index in [9.17, 15) is 13.6 Å². The van der Waals surface area contributed by atoms with Crippen LogP contribution in [0.2, 0.25) is 5.15 Å². The van der Waals surface area contributed by atoms with E-state index in [-0.39, 0.29) is 10.7 Å². The van der Waals surface area contributed by atoms with Crippen LogP contribution in [-0.2, 0) is 0 Å². The maximum Gasteiger partial charge on any atom is 0.255 e. The molecular formula is C12H9ClF2N2O. The Kier molecular flexibility index (Phi) is 3.72. The third-order valence-corrected chi connectivity index (χ3v) is 2.54. The molecule has 1 aromatic heterocycles. The first-order chi connectivity index (χ1) is 8.58. The number of pyridine rings is 1. The molecule has 0 unspecified atom stereocenters. The largest absolute Gasteiger partial charge is 0.346 e. The molecule has 1 N–H and O–H groups in total. The van der Waals surface area contributed by atoms with Gasteiger partial charge in [-0.2, -0.15) is 0 Å². The molecule has 0 aliphatic heterocycles. The van der Waals surface area contributed by atoms with E-state index >= 15 is 0 Å². The van der Waals surface area contributed by atoms with Crippen molar-refractivity contribution in [1.82, 2.24) is 10.3 Å². The quantitative estimate of drug-likeness (QED) is 0.872. The fraction of sp³-hybridized carbons (Fsp3) is 0.167. The summed E-state index contributed by atoms with van der Waals surface area (Å²) in [5, 5.41) is 2.87. The highest BCUT2D eigenvalue weighted by Crippen LogP contribution is 2.20. The Morgan fingerprint density at radius 3 is 2.83 bits per heavy atom. The van der Waals surface area contributed by atoms with Gasteiger partial charge < -0.3 is 5.32 Å². The van der Waals surface area contributed by atoms with Crippen molar-refractivity contribution in [3.05, 3.63) is 41.0 Å². The molecule has 0 spiro atoms. The van der Waals surface area contributed by atoms with Gasteiger partial charge in [-0.3, -0.25) is 4.79 Å². The van der Waals surface area contributed by atoms with Gasteiger partial charge in [-0.15, -0.1) is 0 Å². The molecule has 6 heteroatoms. The van der Waals surface area contributed by atoms with E-state index < -0.39 is 18.9 Å². The van der Waals surface area contributed by atoms with Gasteiger partial charge in [-0.25, -0.2) is 13.8 Å². The van der Waals surface area contributed by atoms with Crippen molar-refractivity contribution in [1.29, 1.82) is 0 Å². The first kappa shape index (κ1) is 12.7. The van der Waals surface area contributed by atoms with Crippen molar-refractivity contribution in [2.24, 2.45) is 0 Å². The molecule has 1 aromatic carbocycles. The van der Waals surface area contributed by atoms with Gasteiger partial charge in [0.15, 0.2) is 0 Å². The minimum Gasteiger partial charge on any atom is -0.346 e. The highest BCUT2D eigenvalue weighted by Gasteiger charge is 2.13. The second-order valence-corrected chi connectivity index (χ2v) is 4.00. The predicted octanol–water partition coefficient (Wildman–Crippen LogP) is 2.88. The van der Waals surface area contributed by atoms with E-state index in [4.69, 9.17) is 11.6 Å². The third-order valence-electron chi connectivity index (χ3n) is 2.35. The first-order valence-corrected chi connectivity index (χ1v) is 5.57. The molecular weight excluding hydrogens is 262 g/mol. The maximum atomic E-state index is 12.1. The zero-order valence-electron chi connectivity index (χ0n) is 9.16. The van der Waals surface area contributed by atoms with Crippen molar-refractivity contribution in [3.8, 4) is 0 Å². The Morgan fingerprint density at radius 2 is 2.11 bits per heavy atom. The molecule has 2 aromatic rings. The number of para-hydroxylation sites is 1. The number of carbonyl (C=O) groups excluding carboxylic acids is 1. The lowest BCUT2D eigenvalue weighted by molar-refractivity contribution is 0.0893. The van der Waals surface area contributed by atoms with Crippen LogP contribution < -0.4 is 5.32 Å². The summed E-state index contributed by atoms with van der Waals surface area (Å²) in [5.74, 6) is -0.587. The van der Waals surface area contributed by atoms with Crippen LogP contribution in [0, 0.1) is 0 Å². The van der Waals surface area contributed by atoms with E-state index in [0.717, 1.165) is 0 Å². The average molecular weight is 271 g/mol. The van der Waals surface area contributed by atoms with Crippen LogP contribution >= 0.6 is 11.6 Å². The number of halogens is 3. The van der Waals surface area contributed by atoms with Crippen LogP contribution in [0.1, 0.15) is 10.4 Å². The molecule has 94 valence electrons. The van der Waals surface area contributed by atoms with Gasteiger partial charge in [0.1, 0.15) is 5.15 Å². The Labute approximate surface area is 107 Å². The summed E-state index contributed by atoms with van der Waals surface area (Å²) in [4.78, 5) is 15.8. The molecule has 18 heavy (non-hydrogen) atoms. The van der Waals surface area contributed by atoms with Gasteiger partial charge in [0, 0.05) is 5.39 Å². The smallest absolute Gasteiger partial charge is 0.255 e. The number of aromatic nitrogens is 1. The zero-order chi connectivity index (χ0) is 13.1. The highest BCUT2D eigenvalue weighted by atomic mass is 35.5. The molecule has 0 fully saturated rings. The molecule has 3 nitrogen and oxygen atoms in total. The zero-order valence-corrected chi connectivity index (χ0v) is 9.92. The fourth-order valence-corrected chi connectivity index (χ4v) is 1.80. The molecule has 0 radical (unpaired) electrons. The fourth-order valence-electron chi connectivity index (χ4n) is 1.60. The van der Waals surface area contributed by atoms with E-state index in [0.29, 0.717) is 10.9 Å². The van der Waals surface area contributed by atoms with Crippen molar-refractivity contribution in [2.75, 3.05) is 6.54 Å². The molecule has 0 atom stereocenters. The summed E-state index contributed by atoms with van der Waals surface area (Å²) >= 11 is 5.79. The number of nitrogens with zero attached hydrogens (tertiary/aromatic N) is 1. The van der Waals surface area contributed by atoms with Crippen LogP contribution in [0.5, 0.6) is 0 Å². The van der Waals surface area contributed by atoms with Crippen molar-refractivity contribution < 1.29 is 13.6 Å². The summed E-state index contributed by atoms with van der Waals surface area (Å²) in [6, 6.07) is 8.25. The van der Waals surface area contributed by atoms with Gasteiger partial charge in [0.25, 0.3) is 12.3 Å². The minimum absolute atomic E-state index is 0.149. The summed E-state index contributed by atoms with van der Waals surface area (Å²) in [5.41, 5.74) is 0.790. The highest BCUT2D eigenvalue weighted by molar-refractivity contribution is 6.30. The lowest BCUT2D eigenvalue weighted by atomic mass is 10.1. The Hall–Kier alpha value is -1.75. The molecule has 0 saturated carbocycles. The van der Waals surface area contributed by atoms with E-state index in [1.807, 2.05) is 0 Å². The number of hydrogen-bond acceptors (Lipinski definition) is 2. The second-order valence-electron chi connectivity index (χ2n) is 3.61. The summed E-state index contributed by atoms with van der Waals surface area (Å²) in [6.07, 6.45) is -2.59. The van der Waals surface area contributed by atoms with Gasteiger partial charge in [0.2, 0.25) is 0 Å². The van der Waals surface area contributed by atoms with E-state index in [1.54, 1.807) is 24.3 Å². The lowest BCUT2D eigenvalue weighted by Crippen LogP contribution is -2.28. The van der Waals surface area contributed by atoms with Crippen molar-refractivity contribution in [3.63, 3.8) is 0 Å². The Bertz CT molecular complexity index is 589. The summed E-state index contributed by atoms with van der Waals surface area (Å²) in [7, 11) is 0. The predicted molar refractivity (Wildman–Crippen MR) is 65.1 cm³/mol. The standard InChI is InChI=1S/C12H9ClF2N2O/c13-10-5-8(12(18)16-6-11(14)15)7-3-1-2-4-9(7)17-10/h1-5,11H,6H2,(H,16,18). The van der Waals surface area contributed by atoms with Crippen LogP contribution in [-0.4, -0.2) is 23.9 Å². The van der Waals surface area contributed by atoms with Crippen LogP contribution in [0.25, 0.3) is 10.9 Å².